The zero-order chi connectivity index (χ0) is 19.8. The minimum absolute atomic E-state index is 0.0264. The third kappa shape index (κ3) is 4.33. The lowest BCUT2D eigenvalue weighted by Crippen LogP contribution is -2.22. The number of H-pyrrole nitrogens is 1. The molecule has 27 heavy (non-hydrogen) atoms. The molecule has 1 aliphatic heterocycles. The summed E-state index contributed by atoms with van der Waals surface area (Å²) in [6, 6.07) is 3.92. The standard InChI is InChI=1S/C21H25NO4S/c1-6-25-15-8-13-7-12(2)26-16(13)9-14(15)10-17-20(24)22-19(27-17)11-18(23)21(3,4)5/h8-12H,6-7H2,1-5H3,(H,22,24)/b17-10-,19-11-/t12-/m0/s1. The molecule has 5 nitrogen and oxygen atoms in total. The van der Waals surface area contributed by atoms with Gasteiger partial charge in [-0.25, -0.2) is 0 Å². The molecule has 0 spiro atoms. The lowest BCUT2D eigenvalue weighted by molar-refractivity contribution is -0.119. The highest BCUT2D eigenvalue weighted by Gasteiger charge is 2.21. The SMILES string of the molecule is CCOc1cc2c(cc1/C=c1\s/c(=C\C(=O)C(C)(C)C)[nH]c1=O)O[C@@H](C)C2. The number of ether oxygens (including phenoxy) is 2. The molecule has 0 aliphatic carbocycles. The molecule has 3 rings (SSSR count). The highest BCUT2D eigenvalue weighted by molar-refractivity contribution is 7.07. The van der Waals surface area contributed by atoms with Crippen LogP contribution in [-0.4, -0.2) is 23.5 Å². The predicted octanol–water partition coefficient (Wildman–Crippen LogP) is 2.38. The number of nitrogens with one attached hydrogen (secondary N) is 1. The number of carbonyl (C=O) groups is 1. The molecule has 1 aliphatic rings. The van der Waals surface area contributed by atoms with Gasteiger partial charge in [-0.3, -0.25) is 9.59 Å². The Morgan fingerprint density at radius 2 is 2.15 bits per heavy atom. The number of hydrogen-bond donors (Lipinski definition) is 1. The summed E-state index contributed by atoms with van der Waals surface area (Å²) < 4.78 is 12.7. The second-order valence-electron chi connectivity index (χ2n) is 7.75. The van der Waals surface area contributed by atoms with E-state index in [-0.39, 0.29) is 17.4 Å². The summed E-state index contributed by atoms with van der Waals surface area (Å²) in [5, 5.41) is 0. The normalized spacial score (nSPS) is 17.7. The molecule has 1 N–H and O–H groups in total. The highest BCUT2D eigenvalue weighted by atomic mass is 32.1. The Balaban J connectivity index is 2.08. The second kappa shape index (κ2) is 7.35. The minimum Gasteiger partial charge on any atom is -0.493 e. The molecule has 0 saturated carbocycles. The molecule has 144 valence electrons. The summed E-state index contributed by atoms with van der Waals surface area (Å²) in [7, 11) is 0. The van der Waals surface area contributed by atoms with Crippen LogP contribution in [0.15, 0.2) is 16.9 Å². The minimum atomic E-state index is -0.485. The van der Waals surface area contributed by atoms with Gasteiger partial charge in [0.1, 0.15) is 17.6 Å². The molecule has 0 radical (unpaired) electrons. The number of aromatic nitrogens is 1. The van der Waals surface area contributed by atoms with Crippen molar-refractivity contribution in [3.63, 3.8) is 0 Å². The first-order valence-corrected chi connectivity index (χ1v) is 9.92. The van der Waals surface area contributed by atoms with Gasteiger partial charge in [-0.2, -0.15) is 0 Å². The molecule has 0 fully saturated rings. The smallest absolute Gasteiger partial charge is 0.266 e. The van der Waals surface area contributed by atoms with Crippen LogP contribution in [0.25, 0.3) is 12.2 Å². The number of rotatable bonds is 4. The fraction of sp³-hybridized carbons (Fsp3) is 0.429. The molecule has 0 bridgehead atoms. The van der Waals surface area contributed by atoms with Gasteiger partial charge < -0.3 is 14.5 Å². The Hall–Kier alpha value is -2.34. The van der Waals surface area contributed by atoms with E-state index in [2.05, 4.69) is 4.98 Å². The largest absolute Gasteiger partial charge is 0.493 e. The first kappa shape index (κ1) is 19.4. The summed E-state index contributed by atoms with van der Waals surface area (Å²) in [6.07, 6.45) is 4.28. The topological polar surface area (TPSA) is 68.4 Å². The third-order valence-corrected chi connectivity index (χ3v) is 5.26. The molecule has 0 amide bonds. The van der Waals surface area contributed by atoms with Crippen LogP contribution in [0.5, 0.6) is 11.5 Å². The van der Waals surface area contributed by atoms with Gasteiger partial charge in [-0.15, -0.1) is 11.3 Å². The number of thiazole rings is 1. The summed E-state index contributed by atoms with van der Waals surface area (Å²) in [5.74, 6) is 1.54. The number of benzene rings is 1. The van der Waals surface area contributed by atoms with Crippen molar-refractivity contribution >= 4 is 29.3 Å². The van der Waals surface area contributed by atoms with Gasteiger partial charge in [-0.1, -0.05) is 20.8 Å². The van der Waals surface area contributed by atoms with E-state index in [1.165, 1.54) is 17.4 Å². The monoisotopic (exact) mass is 387 g/mol. The van der Waals surface area contributed by atoms with E-state index in [4.69, 9.17) is 9.47 Å². The van der Waals surface area contributed by atoms with Crippen LogP contribution in [0, 0.1) is 5.41 Å². The molecule has 0 unspecified atom stereocenters. The van der Waals surface area contributed by atoms with Crippen LogP contribution in [-0.2, 0) is 11.2 Å². The van der Waals surface area contributed by atoms with Gasteiger partial charge in [0, 0.05) is 29.0 Å². The molecule has 6 heteroatoms. The Kier molecular flexibility index (Phi) is 5.29. The van der Waals surface area contributed by atoms with Gasteiger partial charge in [0.05, 0.1) is 15.8 Å². The van der Waals surface area contributed by atoms with Gasteiger partial charge in [0.15, 0.2) is 5.78 Å². The summed E-state index contributed by atoms with van der Waals surface area (Å²) in [6.45, 7) is 10.1. The van der Waals surface area contributed by atoms with Gasteiger partial charge in [0.2, 0.25) is 0 Å². The van der Waals surface area contributed by atoms with Crippen molar-refractivity contribution < 1.29 is 14.3 Å². The maximum Gasteiger partial charge on any atom is 0.266 e. The van der Waals surface area contributed by atoms with Gasteiger partial charge >= 0.3 is 0 Å². The van der Waals surface area contributed by atoms with E-state index in [0.717, 1.165) is 29.0 Å². The average Bonchev–Trinajstić information content (AvgIpc) is 3.08. The van der Waals surface area contributed by atoms with Crippen LogP contribution in [0.4, 0.5) is 0 Å². The molecule has 2 aromatic rings. The van der Waals surface area contributed by atoms with E-state index in [1.807, 2.05) is 46.8 Å². The summed E-state index contributed by atoms with van der Waals surface area (Å²) in [5.41, 5.74) is 1.21. The zero-order valence-corrected chi connectivity index (χ0v) is 17.2. The molecular weight excluding hydrogens is 362 g/mol. The van der Waals surface area contributed by atoms with Crippen LogP contribution in [0.1, 0.15) is 45.7 Å². The van der Waals surface area contributed by atoms with Gasteiger partial charge in [-0.05, 0) is 32.1 Å². The first-order valence-electron chi connectivity index (χ1n) is 9.10. The lowest BCUT2D eigenvalue weighted by Gasteiger charge is -2.12. The molecule has 1 aromatic carbocycles. The average molecular weight is 388 g/mol. The van der Waals surface area contributed by atoms with Gasteiger partial charge in [0.25, 0.3) is 5.56 Å². The Morgan fingerprint density at radius 3 is 2.81 bits per heavy atom. The zero-order valence-electron chi connectivity index (χ0n) is 16.3. The number of Topliss-reactive ketones (excluding diaryl/α,β-unsaturated/α-hetero) is 1. The van der Waals surface area contributed by atoms with Crippen molar-refractivity contribution in [1.82, 2.24) is 4.98 Å². The number of ketones is 1. The maximum atomic E-state index is 12.4. The van der Waals surface area contributed by atoms with Crippen molar-refractivity contribution in [2.45, 2.75) is 47.1 Å². The number of hydrogen-bond acceptors (Lipinski definition) is 5. The second-order valence-corrected chi connectivity index (χ2v) is 8.83. The van der Waals surface area contributed by atoms with Crippen LogP contribution in [0.3, 0.4) is 0 Å². The highest BCUT2D eigenvalue weighted by Crippen LogP contribution is 2.35. The Labute approximate surface area is 162 Å². The lowest BCUT2D eigenvalue weighted by atomic mass is 9.91. The molecule has 2 heterocycles. The number of aromatic amines is 1. The summed E-state index contributed by atoms with van der Waals surface area (Å²) in [4.78, 5) is 27.3. The van der Waals surface area contributed by atoms with Crippen molar-refractivity contribution in [2.75, 3.05) is 6.61 Å². The van der Waals surface area contributed by atoms with Crippen molar-refractivity contribution in [1.29, 1.82) is 0 Å². The van der Waals surface area contributed by atoms with Crippen molar-refractivity contribution in [3.8, 4) is 11.5 Å². The van der Waals surface area contributed by atoms with Crippen molar-refractivity contribution in [3.05, 3.63) is 42.8 Å². The van der Waals surface area contributed by atoms with Crippen LogP contribution in [0.2, 0.25) is 0 Å². The third-order valence-electron chi connectivity index (χ3n) is 4.30. The molecule has 1 aromatic heterocycles. The van der Waals surface area contributed by atoms with Crippen LogP contribution < -0.4 is 24.2 Å². The van der Waals surface area contributed by atoms with E-state index >= 15 is 0 Å². The molecule has 0 saturated heterocycles. The predicted molar refractivity (Wildman–Crippen MR) is 108 cm³/mol. The fourth-order valence-electron chi connectivity index (χ4n) is 2.85. The van der Waals surface area contributed by atoms with E-state index in [9.17, 15) is 9.59 Å². The number of carbonyl (C=O) groups excluding carboxylic acids is 1. The first-order chi connectivity index (χ1) is 12.7. The Morgan fingerprint density at radius 1 is 1.41 bits per heavy atom. The maximum absolute atomic E-state index is 12.4. The number of fused-ring (bicyclic) bond motifs is 1. The van der Waals surface area contributed by atoms with Crippen LogP contribution >= 0.6 is 11.3 Å². The van der Waals surface area contributed by atoms with Crippen molar-refractivity contribution in [2.24, 2.45) is 5.41 Å². The quantitative estimate of drug-likeness (QED) is 0.875. The molecular formula is C21H25NO4S. The van der Waals surface area contributed by atoms with E-state index in [0.29, 0.717) is 15.8 Å². The Bertz CT molecular complexity index is 1040. The summed E-state index contributed by atoms with van der Waals surface area (Å²) >= 11 is 1.26. The van der Waals surface area contributed by atoms with E-state index < -0.39 is 5.41 Å². The van der Waals surface area contributed by atoms with E-state index in [1.54, 1.807) is 6.08 Å². The molecule has 1 atom stereocenters. The fourth-order valence-corrected chi connectivity index (χ4v) is 3.73.